The summed E-state index contributed by atoms with van der Waals surface area (Å²) in [5.41, 5.74) is 1.29. The van der Waals surface area contributed by atoms with E-state index in [1.54, 1.807) is 24.3 Å². The number of aliphatic hydroxyl groups excluding tert-OH is 1. The van der Waals surface area contributed by atoms with Gasteiger partial charge in [-0.05, 0) is 11.6 Å². The minimum atomic E-state index is -1.40. The Morgan fingerprint density at radius 1 is 1.50 bits per heavy atom. The normalized spacial score (nSPS) is 11.7. The van der Waals surface area contributed by atoms with Crippen molar-refractivity contribution in [3.8, 4) is 12.3 Å². The lowest BCUT2D eigenvalue weighted by atomic mass is 10.0. The average molecular weight is 190 g/mol. The summed E-state index contributed by atoms with van der Waals surface area (Å²) in [6.45, 7) is 0. The number of hydrogen-bond acceptors (Lipinski definition) is 2. The van der Waals surface area contributed by atoms with Crippen molar-refractivity contribution in [3.05, 3.63) is 35.4 Å². The monoisotopic (exact) mass is 190 g/mol. The molecule has 0 saturated carbocycles. The molecule has 0 fully saturated rings. The van der Waals surface area contributed by atoms with Crippen LogP contribution in [0.1, 0.15) is 11.1 Å². The van der Waals surface area contributed by atoms with E-state index in [0.717, 1.165) is 0 Å². The maximum absolute atomic E-state index is 10.4. The smallest absolute Gasteiger partial charge is 0.332 e. The van der Waals surface area contributed by atoms with Crippen molar-refractivity contribution in [2.75, 3.05) is 0 Å². The molecule has 0 aliphatic rings. The first-order valence-corrected chi connectivity index (χ1v) is 4.10. The number of rotatable bonds is 3. The SMILES string of the molecule is C#Cc1ccccc1CC(O)C(=O)O. The molecule has 2 N–H and O–H groups in total. The van der Waals surface area contributed by atoms with Gasteiger partial charge in [0.05, 0.1) is 0 Å². The van der Waals surface area contributed by atoms with E-state index in [1.807, 2.05) is 0 Å². The molecule has 1 aromatic carbocycles. The molecule has 0 heterocycles. The fourth-order valence-corrected chi connectivity index (χ4v) is 1.13. The van der Waals surface area contributed by atoms with Gasteiger partial charge in [0.25, 0.3) is 0 Å². The van der Waals surface area contributed by atoms with E-state index in [-0.39, 0.29) is 6.42 Å². The highest BCUT2D eigenvalue weighted by Gasteiger charge is 2.14. The molecule has 1 atom stereocenters. The number of aliphatic carboxylic acids is 1. The second-order valence-corrected chi connectivity index (χ2v) is 2.86. The van der Waals surface area contributed by atoms with E-state index in [0.29, 0.717) is 11.1 Å². The summed E-state index contributed by atoms with van der Waals surface area (Å²) in [4.78, 5) is 10.4. The quantitative estimate of drug-likeness (QED) is 0.688. The molecular weight excluding hydrogens is 180 g/mol. The highest BCUT2D eigenvalue weighted by molar-refractivity contribution is 5.72. The zero-order valence-corrected chi connectivity index (χ0v) is 7.47. The van der Waals surface area contributed by atoms with Crippen molar-refractivity contribution in [2.24, 2.45) is 0 Å². The molecule has 0 radical (unpaired) electrons. The standard InChI is InChI=1S/C11H10O3/c1-2-8-5-3-4-6-9(8)7-10(12)11(13)14/h1,3-6,10,12H,7H2,(H,13,14). The zero-order valence-electron chi connectivity index (χ0n) is 7.47. The number of carbonyl (C=O) groups is 1. The lowest BCUT2D eigenvalue weighted by molar-refractivity contribution is -0.146. The molecule has 14 heavy (non-hydrogen) atoms. The molecule has 0 aliphatic carbocycles. The van der Waals surface area contributed by atoms with Gasteiger partial charge in [-0.25, -0.2) is 4.79 Å². The van der Waals surface area contributed by atoms with E-state index in [9.17, 15) is 4.79 Å². The lowest BCUT2D eigenvalue weighted by Gasteiger charge is -2.07. The van der Waals surface area contributed by atoms with Crippen LogP contribution in [0.2, 0.25) is 0 Å². The highest BCUT2D eigenvalue weighted by atomic mass is 16.4. The molecule has 3 nitrogen and oxygen atoms in total. The number of carboxylic acid groups (broad SMARTS) is 1. The summed E-state index contributed by atoms with van der Waals surface area (Å²) in [6.07, 6.45) is 3.86. The van der Waals surface area contributed by atoms with Crippen LogP contribution < -0.4 is 0 Å². The predicted octanol–water partition coefficient (Wildman–Crippen LogP) is 0.656. The van der Waals surface area contributed by atoms with Gasteiger partial charge in [0.15, 0.2) is 6.10 Å². The minimum Gasteiger partial charge on any atom is -0.479 e. The summed E-state index contributed by atoms with van der Waals surface area (Å²) in [7, 11) is 0. The molecular formula is C11H10O3. The first-order valence-electron chi connectivity index (χ1n) is 4.10. The number of aliphatic hydroxyl groups is 1. The Morgan fingerprint density at radius 3 is 2.71 bits per heavy atom. The van der Waals surface area contributed by atoms with E-state index >= 15 is 0 Å². The van der Waals surface area contributed by atoms with Crippen LogP contribution in [0.25, 0.3) is 0 Å². The number of benzene rings is 1. The van der Waals surface area contributed by atoms with Gasteiger partial charge in [-0.2, -0.15) is 0 Å². The number of terminal acetylenes is 1. The highest BCUT2D eigenvalue weighted by Crippen LogP contribution is 2.09. The average Bonchev–Trinajstić information content (AvgIpc) is 2.18. The molecule has 1 aromatic rings. The Labute approximate surface area is 82.0 Å². The first-order chi connectivity index (χ1) is 6.65. The molecule has 0 saturated heterocycles. The van der Waals surface area contributed by atoms with E-state index in [4.69, 9.17) is 16.6 Å². The van der Waals surface area contributed by atoms with Crippen molar-refractivity contribution in [1.82, 2.24) is 0 Å². The second-order valence-electron chi connectivity index (χ2n) is 2.86. The molecule has 72 valence electrons. The van der Waals surface area contributed by atoms with Crippen LogP contribution in [-0.2, 0) is 11.2 Å². The van der Waals surface area contributed by atoms with Gasteiger partial charge in [0, 0.05) is 12.0 Å². The third kappa shape index (κ3) is 2.35. The van der Waals surface area contributed by atoms with E-state index in [2.05, 4.69) is 5.92 Å². The van der Waals surface area contributed by atoms with Crippen LogP contribution in [0, 0.1) is 12.3 Å². The third-order valence-corrected chi connectivity index (χ3v) is 1.87. The van der Waals surface area contributed by atoms with Crippen LogP contribution in [0.15, 0.2) is 24.3 Å². The van der Waals surface area contributed by atoms with E-state index in [1.165, 1.54) is 0 Å². The molecule has 1 unspecified atom stereocenters. The Bertz CT molecular complexity index is 376. The summed E-state index contributed by atoms with van der Waals surface area (Å²) < 4.78 is 0. The summed E-state index contributed by atoms with van der Waals surface area (Å²) in [5.74, 6) is 1.20. The molecule has 1 rings (SSSR count). The fourth-order valence-electron chi connectivity index (χ4n) is 1.13. The van der Waals surface area contributed by atoms with Crippen molar-refractivity contribution < 1.29 is 15.0 Å². The molecule has 0 aliphatic heterocycles. The lowest BCUT2D eigenvalue weighted by Crippen LogP contribution is -2.22. The first kappa shape index (κ1) is 10.3. The Kier molecular flexibility index (Phi) is 3.27. The Balaban J connectivity index is 2.87. The Morgan fingerprint density at radius 2 is 2.14 bits per heavy atom. The topological polar surface area (TPSA) is 57.5 Å². The zero-order chi connectivity index (χ0) is 10.6. The molecule has 0 amide bonds. The van der Waals surface area contributed by atoms with Crippen LogP contribution >= 0.6 is 0 Å². The van der Waals surface area contributed by atoms with Gasteiger partial charge in [0.2, 0.25) is 0 Å². The maximum Gasteiger partial charge on any atom is 0.332 e. The van der Waals surface area contributed by atoms with Gasteiger partial charge in [-0.1, -0.05) is 24.1 Å². The summed E-state index contributed by atoms with van der Waals surface area (Å²) in [5, 5.41) is 17.6. The van der Waals surface area contributed by atoms with E-state index < -0.39 is 12.1 Å². The van der Waals surface area contributed by atoms with Crippen molar-refractivity contribution >= 4 is 5.97 Å². The van der Waals surface area contributed by atoms with Crippen molar-refractivity contribution in [3.63, 3.8) is 0 Å². The van der Waals surface area contributed by atoms with Gasteiger partial charge in [0.1, 0.15) is 0 Å². The van der Waals surface area contributed by atoms with Gasteiger partial charge < -0.3 is 10.2 Å². The maximum atomic E-state index is 10.4. The molecule has 0 bridgehead atoms. The van der Waals surface area contributed by atoms with Crippen LogP contribution in [0.5, 0.6) is 0 Å². The van der Waals surface area contributed by atoms with Gasteiger partial charge >= 0.3 is 5.97 Å². The van der Waals surface area contributed by atoms with Crippen molar-refractivity contribution in [1.29, 1.82) is 0 Å². The van der Waals surface area contributed by atoms with Gasteiger partial charge in [-0.15, -0.1) is 6.42 Å². The molecule has 3 heteroatoms. The molecule has 0 aromatic heterocycles. The fraction of sp³-hybridized carbons (Fsp3) is 0.182. The Hall–Kier alpha value is -1.79. The predicted molar refractivity (Wildman–Crippen MR) is 51.7 cm³/mol. The van der Waals surface area contributed by atoms with Crippen molar-refractivity contribution in [2.45, 2.75) is 12.5 Å². The molecule has 0 spiro atoms. The van der Waals surface area contributed by atoms with Gasteiger partial charge in [-0.3, -0.25) is 0 Å². The van der Waals surface area contributed by atoms with Crippen LogP contribution in [-0.4, -0.2) is 22.3 Å². The van der Waals surface area contributed by atoms with Crippen LogP contribution in [0.3, 0.4) is 0 Å². The minimum absolute atomic E-state index is 0.0374. The second kappa shape index (κ2) is 4.45. The summed E-state index contributed by atoms with van der Waals surface area (Å²) >= 11 is 0. The largest absolute Gasteiger partial charge is 0.479 e. The van der Waals surface area contributed by atoms with Crippen LogP contribution in [0.4, 0.5) is 0 Å². The number of hydrogen-bond donors (Lipinski definition) is 2. The third-order valence-electron chi connectivity index (χ3n) is 1.87. The summed E-state index contributed by atoms with van der Waals surface area (Å²) in [6, 6.07) is 6.95. The number of carboxylic acids is 1.